The summed E-state index contributed by atoms with van der Waals surface area (Å²) in [6.07, 6.45) is 0.554. The standard InChI is InChI=1S/C12H24O5Si/c1-5-16-18(4,17-6-2)9-7-8-15-12(14)10-11(3)13/h5-10H2,1-4H3. The molecule has 0 N–H and O–H groups in total. The fourth-order valence-electron chi connectivity index (χ4n) is 1.63. The summed E-state index contributed by atoms with van der Waals surface area (Å²) in [4.78, 5) is 21.8. The average molecular weight is 276 g/mol. The first-order chi connectivity index (χ1) is 8.43. The lowest BCUT2D eigenvalue weighted by Crippen LogP contribution is -2.38. The predicted octanol–water partition coefficient (Wildman–Crippen LogP) is 2.04. The minimum atomic E-state index is -2.11. The maximum absolute atomic E-state index is 11.1. The van der Waals surface area contributed by atoms with E-state index in [-0.39, 0.29) is 12.2 Å². The fourth-order valence-corrected chi connectivity index (χ4v) is 4.01. The highest BCUT2D eigenvalue weighted by Crippen LogP contribution is 2.15. The SMILES string of the molecule is CCO[Si](C)(CCCOC(=O)CC(C)=O)OCC. The van der Waals surface area contributed by atoms with Gasteiger partial charge in [-0.25, -0.2) is 0 Å². The van der Waals surface area contributed by atoms with E-state index in [1.165, 1.54) is 6.92 Å². The van der Waals surface area contributed by atoms with Crippen molar-refractivity contribution in [1.82, 2.24) is 0 Å². The lowest BCUT2D eigenvalue weighted by Gasteiger charge is -2.25. The van der Waals surface area contributed by atoms with E-state index in [1.807, 2.05) is 20.4 Å². The van der Waals surface area contributed by atoms with E-state index in [0.717, 1.165) is 6.04 Å². The van der Waals surface area contributed by atoms with Gasteiger partial charge in [-0.3, -0.25) is 9.59 Å². The molecule has 0 saturated carbocycles. The molecule has 0 aliphatic rings. The molecule has 0 atom stereocenters. The summed E-state index contributed by atoms with van der Waals surface area (Å²) in [6.45, 7) is 8.84. The molecule has 0 radical (unpaired) electrons. The van der Waals surface area contributed by atoms with Gasteiger partial charge in [-0.1, -0.05) is 0 Å². The summed E-state index contributed by atoms with van der Waals surface area (Å²) in [7, 11) is -2.11. The third kappa shape index (κ3) is 8.38. The van der Waals surface area contributed by atoms with Crippen LogP contribution in [-0.2, 0) is 23.2 Å². The fraction of sp³-hybridized carbons (Fsp3) is 0.833. The number of hydrogen-bond donors (Lipinski definition) is 0. The molecule has 6 heteroatoms. The third-order valence-corrected chi connectivity index (χ3v) is 5.39. The van der Waals surface area contributed by atoms with Crippen LogP contribution in [0, 0.1) is 0 Å². The molecule has 0 saturated heterocycles. The Morgan fingerprint density at radius 3 is 2.11 bits per heavy atom. The first-order valence-electron chi connectivity index (χ1n) is 6.36. The van der Waals surface area contributed by atoms with Crippen molar-refractivity contribution in [3.05, 3.63) is 0 Å². The van der Waals surface area contributed by atoms with Gasteiger partial charge in [-0.15, -0.1) is 0 Å². The van der Waals surface area contributed by atoms with Crippen molar-refractivity contribution in [1.29, 1.82) is 0 Å². The first kappa shape index (κ1) is 17.3. The molecule has 0 aliphatic carbocycles. The summed E-state index contributed by atoms with van der Waals surface area (Å²) in [6, 6.07) is 0.780. The van der Waals surface area contributed by atoms with Gasteiger partial charge >= 0.3 is 14.5 Å². The zero-order chi connectivity index (χ0) is 14.0. The number of Topliss-reactive ketones (excluding diaryl/α,β-unsaturated/α-hetero) is 1. The van der Waals surface area contributed by atoms with Crippen LogP contribution in [0.1, 0.15) is 33.6 Å². The molecule has 18 heavy (non-hydrogen) atoms. The van der Waals surface area contributed by atoms with Crippen LogP contribution in [-0.4, -0.2) is 40.1 Å². The molecule has 0 rings (SSSR count). The van der Waals surface area contributed by atoms with Crippen LogP contribution in [0.3, 0.4) is 0 Å². The molecule has 0 aliphatic heterocycles. The molecule has 0 amide bonds. The van der Waals surface area contributed by atoms with Gasteiger partial charge in [0.2, 0.25) is 0 Å². The molecular weight excluding hydrogens is 252 g/mol. The second-order valence-electron chi connectivity index (χ2n) is 4.20. The zero-order valence-electron chi connectivity index (χ0n) is 11.8. The van der Waals surface area contributed by atoms with E-state index in [2.05, 4.69) is 0 Å². The predicted molar refractivity (Wildman–Crippen MR) is 70.6 cm³/mol. The molecule has 0 spiro atoms. The number of ether oxygens (including phenoxy) is 1. The maximum atomic E-state index is 11.1. The normalized spacial score (nSPS) is 11.3. The summed E-state index contributed by atoms with van der Waals surface area (Å²) >= 11 is 0. The van der Waals surface area contributed by atoms with Crippen LogP contribution in [0.5, 0.6) is 0 Å². The Balaban J connectivity index is 3.86. The van der Waals surface area contributed by atoms with Gasteiger partial charge in [-0.2, -0.15) is 0 Å². The second kappa shape index (κ2) is 9.24. The van der Waals surface area contributed by atoms with Crippen LogP contribution in [0.4, 0.5) is 0 Å². The number of carbonyl (C=O) groups is 2. The lowest BCUT2D eigenvalue weighted by molar-refractivity contribution is -0.145. The van der Waals surface area contributed by atoms with Crippen molar-refractivity contribution in [2.75, 3.05) is 19.8 Å². The number of ketones is 1. The smallest absolute Gasteiger partial charge is 0.335 e. The van der Waals surface area contributed by atoms with Crippen LogP contribution >= 0.6 is 0 Å². The molecule has 0 aromatic heterocycles. The molecule has 0 bridgehead atoms. The largest absolute Gasteiger partial charge is 0.465 e. The van der Waals surface area contributed by atoms with E-state index >= 15 is 0 Å². The van der Waals surface area contributed by atoms with Crippen LogP contribution in [0.25, 0.3) is 0 Å². The van der Waals surface area contributed by atoms with Crippen molar-refractivity contribution in [3.8, 4) is 0 Å². The quantitative estimate of drug-likeness (QED) is 0.264. The van der Waals surface area contributed by atoms with Gasteiger partial charge in [0.05, 0.1) is 6.61 Å². The van der Waals surface area contributed by atoms with Crippen molar-refractivity contribution >= 4 is 20.3 Å². The molecule has 106 valence electrons. The minimum Gasteiger partial charge on any atom is -0.465 e. The van der Waals surface area contributed by atoms with Gasteiger partial charge in [0.25, 0.3) is 0 Å². The summed E-state index contributed by atoms with van der Waals surface area (Å²) in [5.41, 5.74) is 0. The summed E-state index contributed by atoms with van der Waals surface area (Å²) < 4.78 is 16.3. The number of carbonyl (C=O) groups excluding carboxylic acids is 2. The van der Waals surface area contributed by atoms with E-state index in [1.54, 1.807) is 0 Å². The first-order valence-corrected chi connectivity index (χ1v) is 8.89. The molecule has 5 nitrogen and oxygen atoms in total. The Labute approximate surface area is 110 Å². The number of rotatable bonds is 10. The molecule has 0 fully saturated rings. The van der Waals surface area contributed by atoms with Crippen molar-refractivity contribution in [2.45, 2.75) is 46.2 Å². The van der Waals surface area contributed by atoms with E-state index in [4.69, 9.17) is 13.6 Å². The highest BCUT2D eigenvalue weighted by Gasteiger charge is 2.30. The highest BCUT2D eigenvalue weighted by atomic mass is 28.4. The van der Waals surface area contributed by atoms with Crippen LogP contribution in [0.2, 0.25) is 12.6 Å². The topological polar surface area (TPSA) is 61.8 Å². The van der Waals surface area contributed by atoms with Gasteiger partial charge in [0.1, 0.15) is 12.2 Å². The van der Waals surface area contributed by atoms with Gasteiger partial charge in [0.15, 0.2) is 0 Å². The van der Waals surface area contributed by atoms with Crippen molar-refractivity contribution in [3.63, 3.8) is 0 Å². The van der Waals surface area contributed by atoms with E-state index < -0.39 is 14.5 Å². The maximum Gasteiger partial charge on any atom is 0.335 e. The Kier molecular flexibility index (Phi) is 8.87. The summed E-state index contributed by atoms with van der Waals surface area (Å²) in [5.74, 6) is -0.637. The Morgan fingerprint density at radius 1 is 1.11 bits per heavy atom. The van der Waals surface area contributed by atoms with Crippen LogP contribution < -0.4 is 0 Å². The lowest BCUT2D eigenvalue weighted by atomic mass is 10.3. The van der Waals surface area contributed by atoms with Gasteiger partial charge in [0, 0.05) is 13.2 Å². The molecule has 0 unspecified atom stereocenters. The monoisotopic (exact) mass is 276 g/mol. The van der Waals surface area contributed by atoms with Crippen molar-refractivity contribution < 1.29 is 23.2 Å². The summed E-state index contributed by atoms with van der Waals surface area (Å²) in [5, 5.41) is 0. The Bertz CT molecular complexity index is 261. The van der Waals surface area contributed by atoms with Gasteiger partial charge < -0.3 is 13.6 Å². The van der Waals surface area contributed by atoms with E-state index in [0.29, 0.717) is 26.2 Å². The molecule has 0 heterocycles. The van der Waals surface area contributed by atoms with Crippen molar-refractivity contribution in [2.24, 2.45) is 0 Å². The Morgan fingerprint density at radius 2 is 1.67 bits per heavy atom. The highest BCUT2D eigenvalue weighted by molar-refractivity contribution is 6.66. The third-order valence-electron chi connectivity index (χ3n) is 2.33. The minimum absolute atomic E-state index is 0.147. The molecule has 0 aromatic carbocycles. The second-order valence-corrected chi connectivity index (χ2v) is 7.55. The molecule has 0 aromatic rings. The average Bonchev–Trinajstić information content (AvgIpc) is 2.24. The van der Waals surface area contributed by atoms with Crippen LogP contribution in [0.15, 0.2) is 0 Å². The van der Waals surface area contributed by atoms with Gasteiger partial charge in [-0.05, 0) is 39.8 Å². The Hall–Kier alpha value is -0.723. The molecular formula is C12H24O5Si. The zero-order valence-corrected chi connectivity index (χ0v) is 12.8. The number of hydrogen-bond acceptors (Lipinski definition) is 5. The number of esters is 1. The van der Waals surface area contributed by atoms with E-state index in [9.17, 15) is 9.59 Å².